The predicted molar refractivity (Wildman–Crippen MR) is 71.4 cm³/mol. The Morgan fingerprint density at radius 3 is 2.33 bits per heavy atom. The number of hydrogen-bond donors (Lipinski definition) is 1. The van der Waals surface area contributed by atoms with Crippen molar-refractivity contribution in [3.63, 3.8) is 0 Å². The van der Waals surface area contributed by atoms with E-state index < -0.39 is 0 Å². The summed E-state index contributed by atoms with van der Waals surface area (Å²) in [5.74, 6) is 1.29. The normalized spacial score (nSPS) is 9.07. The van der Waals surface area contributed by atoms with Gasteiger partial charge in [0.15, 0.2) is 0 Å². The van der Waals surface area contributed by atoms with E-state index in [1.807, 2.05) is 35.4 Å². The highest BCUT2D eigenvalue weighted by atomic mass is 33.1. The van der Waals surface area contributed by atoms with Gasteiger partial charge >= 0.3 is 0 Å². The molecule has 0 aromatic carbocycles. The Morgan fingerprint density at radius 1 is 1.33 bits per heavy atom. The summed E-state index contributed by atoms with van der Waals surface area (Å²) in [6.07, 6.45) is 2.57. The third-order valence-electron chi connectivity index (χ3n) is 1.29. The first-order chi connectivity index (χ1) is 7.22. The van der Waals surface area contributed by atoms with Gasteiger partial charge in [0.2, 0.25) is 5.91 Å². The Morgan fingerprint density at radius 2 is 2.00 bits per heavy atom. The zero-order chi connectivity index (χ0) is 11.9. The van der Waals surface area contributed by atoms with E-state index in [4.69, 9.17) is 4.74 Å². The number of amides is 1. The molecule has 5 heteroatoms. The van der Waals surface area contributed by atoms with Gasteiger partial charge in [-0.3, -0.25) is 4.79 Å². The lowest BCUT2D eigenvalue weighted by Gasteiger charge is -2.00. The van der Waals surface area contributed by atoms with Gasteiger partial charge in [0.05, 0.1) is 6.61 Å². The van der Waals surface area contributed by atoms with Crippen LogP contribution in [0.3, 0.4) is 0 Å². The van der Waals surface area contributed by atoms with E-state index >= 15 is 0 Å². The molecule has 0 atom stereocenters. The molecule has 0 saturated heterocycles. The Hall–Kier alpha value is 0.130. The van der Waals surface area contributed by atoms with Gasteiger partial charge in [-0.1, -0.05) is 28.5 Å². The van der Waals surface area contributed by atoms with E-state index in [1.165, 1.54) is 5.75 Å². The molecule has 0 unspecified atom stereocenters. The SMILES string of the molecule is CCNC(=O)CCOCC.CCSSC. The van der Waals surface area contributed by atoms with E-state index in [1.54, 1.807) is 0 Å². The molecule has 0 aliphatic carbocycles. The fraction of sp³-hybridized carbons (Fsp3) is 0.900. The topological polar surface area (TPSA) is 38.3 Å². The molecular formula is C10H23NO2S2. The number of hydrogen-bond acceptors (Lipinski definition) is 4. The smallest absolute Gasteiger partial charge is 0.222 e. The third kappa shape index (κ3) is 20.3. The van der Waals surface area contributed by atoms with E-state index in [2.05, 4.69) is 18.5 Å². The molecule has 1 N–H and O–H groups in total. The first-order valence-corrected chi connectivity index (χ1v) is 7.95. The summed E-state index contributed by atoms with van der Waals surface area (Å²) < 4.78 is 4.99. The van der Waals surface area contributed by atoms with Gasteiger partial charge < -0.3 is 10.1 Å². The number of carbonyl (C=O) groups excluding carboxylic acids is 1. The van der Waals surface area contributed by atoms with Crippen molar-refractivity contribution < 1.29 is 9.53 Å². The molecule has 0 bridgehead atoms. The lowest BCUT2D eigenvalue weighted by molar-refractivity contribution is -0.122. The largest absolute Gasteiger partial charge is 0.381 e. The molecule has 0 aliphatic heterocycles. The van der Waals surface area contributed by atoms with Crippen LogP contribution in [0, 0.1) is 0 Å². The zero-order valence-electron chi connectivity index (χ0n) is 10.2. The predicted octanol–water partition coefficient (Wildman–Crippen LogP) is 2.57. The Labute approximate surface area is 102 Å². The molecule has 0 aromatic rings. The van der Waals surface area contributed by atoms with Crippen LogP contribution >= 0.6 is 21.6 Å². The molecule has 0 aliphatic rings. The maximum atomic E-state index is 10.7. The van der Waals surface area contributed by atoms with Gasteiger partial charge in [-0.05, 0) is 20.1 Å². The van der Waals surface area contributed by atoms with Crippen molar-refractivity contribution in [2.45, 2.75) is 27.2 Å². The quantitative estimate of drug-likeness (QED) is 0.559. The summed E-state index contributed by atoms with van der Waals surface area (Å²) in [7, 11) is 3.70. The Balaban J connectivity index is 0. The maximum Gasteiger partial charge on any atom is 0.222 e. The molecule has 0 radical (unpaired) electrons. The second kappa shape index (κ2) is 16.6. The summed E-state index contributed by atoms with van der Waals surface area (Å²) in [4.78, 5) is 10.7. The molecule has 92 valence electrons. The van der Waals surface area contributed by atoms with Crippen molar-refractivity contribution in [1.29, 1.82) is 0 Å². The van der Waals surface area contributed by atoms with Crippen LogP contribution in [-0.2, 0) is 9.53 Å². The van der Waals surface area contributed by atoms with Crippen LogP contribution in [0.4, 0.5) is 0 Å². The van der Waals surface area contributed by atoms with E-state index in [0.717, 1.165) is 0 Å². The van der Waals surface area contributed by atoms with E-state index in [-0.39, 0.29) is 5.91 Å². The summed E-state index contributed by atoms with van der Waals surface area (Å²) in [5.41, 5.74) is 0. The molecule has 0 spiro atoms. The average Bonchev–Trinajstić information content (AvgIpc) is 2.21. The van der Waals surface area contributed by atoms with E-state index in [9.17, 15) is 4.79 Å². The first kappa shape index (κ1) is 17.5. The van der Waals surface area contributed by atoms with Gasteiger partial charge in [-0.15, -0.1) is 0 Å². The van der Waals surface area contributed by atoms with Crippen LogP contribution in [0.5, 0.6) is 0 Å². The minimum Gasteiger partial charge on any atom is -0.381 e. The van der Waals surface area contributed by atoms with Crippen molar-refractivity contribution >= 4 is 27.5 Å². The minimum absolute atomic E-state index is 0.0657. The molecule has 15 heavy (non-hydrogen) atoms. The van der Waals surface area contributed by atoms with Crippen LogP contribution in [0.2, 0.25) is 0 Å². The first-order valence-electron chi connectivity index (χ1n) is 5.22. The van der Waals surface area contributed by atoms with E-state index in [0.29, 0.717) is 26.2 Å². The van der Waals surface area contributed by atoms with Crippen molar-refractivity contribution in [2.24, 2.45) is 0 Å². The van der Waals surface area contributed by atoms with Crippen LogP contribution in [0.15, 0.2) is 0 Å². The Bertz CT molecular complexity index is 133. The van der Waals surface area contributed by atoms with Crippen molar-refractivity contribution in [3.8, 4) is 0 Å². The standard InChI is InChI=1S/C7H15NO2.C3H8S2/c1-3-8-7(9)5-6-10-4-2;1-3-5-4-2/h3-6H2,1-2H3,(H,8,9);3H2,1-2H3. The zero-order valence-corrected chi connectivity index (χ0v) is 11.8. The molecule has 3 nitrogen and oxygen atoms in total. The highest BCUT2D eigenvalue weighted by Gasteiger charge is 1.96. The molecule has 1 amide bonds. The van der Waals surface area contributed by atoms with Crippen molar-refractivity contribution in [3.05, 3.63) is 0 Å². The molecule has 0 heterocycles. The van der Waals surface area contributed by atoms with Crippen LogP contribution in [0.1, 0.15) is 27.2 Å². The fourth-order valence-electron chi connectivity index (χ4n) is 0.713. The minimum atomic E-state index is 0.0657. The highest BCUT2D eigenvalue weighted by Crippen LogP contribution is 2.14. The Kier molecular flexibility index (Phi) is 19.3. The van der Waals surface area contributed by atoms with Gasteiger partial charge in [-0.25, -0.2) is 0 Å². The van der Waals surface area contributed by atoms with Gasteiger partial charge in [0, 0.05) is 25.3 Å². The van der Waals surface area contributed by atoms with Gasteiger partial charge in [0.1, 0.15) is 0 Å². The molecule has 0 rings (SSSR count). The summed E-state index contributed by atoms with van der Waals surface area (Å²) >= 11 is 0. The summed E-state index contributed by atoms with van der Waals surface area (Å²) in [5, 5.41) is 2.69. The number of carbonyl (C=O) groups is 1. The molecule has 0 fully saturated rings. The van der Waals surface area contributed by atoms with Gasteiger partial charge in [0.25, 0.3) is 0 Å². The average molecular weight is 253 g/mol. The highest BCUT2D eigenvalue weighted by molar-refractivity contribution is 8.76. The summed E-state index contributed by atoms with van der Waals surface area (Å²) in [6.45, 7) is 7.88. The lowest BCUT2D eigenvalue weighted by atomic mass is 10.4. The fourth-order valence-corrected chi connectivity index (χ4v) is 1.66. The number of ether oxygens (including phenoxy) is 1. The second-order valence-electron chi connectivity index (χ2n) is 2.47. The summed E-state index contributed by atoms with van der Waals surface area (Å²) in [6, 6.07) is 0. The van der Waals surface area contributed by atoms with Gasteiger partial charge in [-0.2, -0.15) is 0 Å². The van der Waals surface area contributed by atoms with Crippen molar-refractivity contribution in [2.75, 3.05) is 31.8 Å². The molecular weight excluding hydrogens is 230 g/mol. The second-order valence-corrected chi connectivity index (χ2v) is 5.33. The van der Waals surface area contributed by atoms with Crippen LogP contribution < -0.4 is 5.32 Å². The van der Waals surface area contributed by atoms with Crippen LogP contribution in [-0.4, -0.2) is 37.7 Å². The monoisotopic (exact) mass is 253 g/mol. The number of nitrogens with one attached hydrogen (secondary N) is 1. The maximum absolute atomic E-state index is 10.7. The lowest BCUT2D eigenvalue weighted by Crippen LogP contribution is -2.23. The van der Waals surface area contributed by atoms with Crippen molar-refractivity contribution in [1.82, 2.24) is 5.32 Å². The van der Waals surface area contributed by atoms with Crippen LogP contribution in [0.25, 0.3) is 0 Å². The molecule has 0 saturated carbocycles. The number of rotatable bonds is 7. The third-order valence-corrected chi connectivity index (χ3v) is 3.17. The molecule has 0 aromatic heterocycles.